The van der Waals surface area contributed by atoms with Crippen LogP contribution in [0.3, 0.4) is 0 Å². The number of likely N-dealkylation sites (N-methyl/N-ethyl adjacent to an activating group) is 1. The van der Waals surface area contributed by atoms with E-state index in [0.29, 0.717) is 6.04 Å². The van der Waals surface area contributed by atoms with Gasteiger partial charge in [0.1, 0.15) is 0 Å². The predicted molar refractivity (Wildman–Crippen MR) is 80.4 cm³/mol. The minimum absolute atomic E-state index is 0.448. The average molecular weight is 254 g/mol. The summed E-state index contributed by atoms with van der Waals surface area (Å²) in [5.74, 6) is 0. The molecule has 0 aliphatic carbocycles. The van der Waals surface area contributed by atoms with Crippen LogP contribution < -0.4 is 5.32 Å². The van der Waals surface area contributed by atoms with Crippen LogP contribution in [0.4, 0.5) is 0 Å². The third kappa shape index (κ3) is 3.65. The van der Waals surface area contributed by atoms with E-state index < -0.39 is 0 Å². The molecule has 2 nitrogen and oxygen atoms in total. The van der Waals surface area contributed by atoms with Crippen LogP contribution in [-0.4, -0.2) is 18.1 Å². The number of aromatic nitrogens is 1. The van der Waals surface area contributed by atoms with Crippen LogP contribution in [0.2, 0.25) is 0 Å². The Morgan fingerprint density at radius 2 is 1.79 bits per heavy atom. The molecule has 100 valence electrons. The number of nitrogens with one attached hydrogen (secondary N) is 1. The van der Waals surface area contributed by atoms with E-state index in [1.807, 2.05) is 25.5 Å². The van der Waals surface area contributed by atoms with Gasteiger partial charge in [0.2, 0.25) is 0 Å². The third-order valence-electron chi connectivity index (χ3n) is 3.71. The van der Waals surface area contributed by atoms with Crippen molar-refractivity contribution in [3.05, 3.63) is 65.0 Å². The van der Waals surface area contributed by atoms with Gasteiger partial charge in [-0.25, -0.2) is 0 Å². The first kappa shape index (κ1) is 13.8. The molecule has 0 saturated carbocycles. The van der Waals surface area contributed by atoms with E-state index in [-0.39, 0.29) is 0 Å². The topological polar surface area (TPSA) is 24.9 Å². The van der Waals surface area contributed by atoms with E-state index in [1.54, 1.807) is 0 Å². The van der Waals surface area contributed by atoms with E-state index >= 15 is 0 Å². The molecule has 1 heterocycles. The summed E-state index contributed by atoms with van der Waals surface area (Å²) in [5, 5.41) is 3.43. The first-order chi connectivity index (χ1) is 9.20. The fourth-order valence-corrected chi connectivity index (χ4v) is 2.50. The van der Waals surface area contributed by atoms with Crippen molar-refractivity contribution < 1.29 is 0 Å². The molecule has 0 radical (unpaired) electrons. The van der Waals surface area contributed by atoms with Gasteiger partial charge in [-0.2, -0.15) is 0 Å². The van der Waals surface area contributed by atoms with Crippen LogP contribution in [0.25, 0.3) is 0 Å². The highest BCUT2D eigenvalue weighted by atomic mass is 14.9. The van der Waals surface area contributed by atoms with E-state index in [2.05, 4.69) is 48.4 Å². The van der Waals surface area contributed by atoms with E-state index in [1.165, 1.54) is 22.3 Å². The van der Waals surface area contributed by atoms with Gasteiger partial charge < -0.3 is 5.32 Å². The Morgan fingerprint density at radius 1 is 1.05 bits per heavy atom. The average Bonchev–Trinajstić information content (AvgIpc) is 2.43. The summed E-state index contributed by atoms with van der Waals surface area (Å²) in [6, 6.07) is 11.1. The van der Waals surface area contributed by atoms with E-state index in [4.69, 9.17) is 0 Å². The molecule has 0 aliphatic heterocycles. The van der Waals surface area contributed by atoms with Gasteiger partial charge in [-0.3, -0.25) is 4.98 Å². The molecule has 1 aromatic carbocycles. The molecule has 0 bridgehead atoms. The van der Waals surface area contributed by atoms with Crippen LogP contribution in [0.5, 0.6) is 0 Å². The van der Waals surface area contributed by atoms with Gasteiger partial charge in [0, 0.05) is 18.4 Å². The molecule has 1 N–H and O–H groups in total. The highest BCUT2D eigenvalue weighted by molar-refractivity contribution is 5.34. The number of hydrogen-bond acceptors (Lipinski definition) is 2. The highest BCUT2D eigenvalue weighted by Gasteiger charge is 2.11. The Bertz CT molecular complexity index is 500. The van der Waals surface area contributed by atoms with Crippen molar-refractivity contribution in [3.8, 4) is 0 Å². The summed E-state index contributed by atoms with van der Waals surface area (Å²) in [7, 11) is 2.04. The van der Waals surface area contributed by atoms with Crippen LogP contribution in [0, 0.1) is 13.8 Å². The Hall–Kier alpha value is -1.67. The van der Waals surface area contributed by atoms with Gasteiger partial charge in [0.15, 0.2) is 0 Å². The minimum atomic E-state index is 0.448. The predicted octanol–water partition coefficient (Wildman–Crippen LogP) is 3.07. The number of aryl methyl sites for hydroxylation is 2. The second-order valence-corrected chi connectivity index (χ2v) is 5.13. The molecular weight excluding hydrogens is 232 g/mol. The number of benzene rings is 1. The molecule has 2 rings (SSSR count). The van der Waals surface area contributed by atoms with Crippen LogP contribution in [0.15, 0.2) is 42.7 Å². The highest BCUT2D eigenvalue weighted by Crippen LogP contribution is 2.16. The maximum atomic E-state index is 4.19. The van der Waals surface area contributed by atoms with Gasteiger partial charge in [-0.05, 0) is 62.1 Å². The summed E-state index contributed by atoms with van der Waals surface area (Å²) < 4.78 is 0. The Labute approximate surface area is 115 Å². The van der Waals surface area contributed by atoms with Crippen molar-refractivity contribution in [1.82, 2.24) is 10.3 Å². The lowest BCUT2D eigenvalue weighted by Gasteiger charge is -2.19. The quantitative estimate of drug-likeness (QED) is 0.887. The van der Waals surface area contributed by atoms with Gasteiger partial charge >= 0.3 is 0 Å². The van der Waals surface area contributed by atoms with Gasteiger partial charge in [0.05, 0.1) is 0 Å². The lowest BCUT2D eigenvalue weighted by atomic mass is 9.94. The van der Waals surface area contributed by atoms with E-state index in [9.17, 15) is 0 Å². The summed E-state index contributed by atoms with van der Waals surface area (Å²) >= 11 is 0. The van der Waals surface area contributed by atoms with Crippen molar-refractivity contribution in [2.24, 2.45) is 0 Å². The molecule has 19 heavy (non-hydrogen) atoms. The lowest BCUT2D eigenvalue weighted by molar-refractivity contribution is 0.553. The minimum Gasteiger partial charge on any atom is -0.316 e. The molecule has 0 aliphatic rings. The standard InChI is InChI=1S/C17H22N2/c1-13-6-4-7-14(2)17(13)11-16(18-3)10-15-8-5-9-19-12-15/h4-9,12,16,18H,10-11H2,1-3H3. The number of nitrogens with zero attached hydrogens (tertiary/aromatic N) is 1. The van der Waals surface area contributed by atoms with Crippen LogP contribution >= 0.6 is 0 Å². The second kappa shape index (κ2) is 6.48. The maximum Gasteiger partial charge on any atom is 0.0300 e. The van der Waals surface area contributed by atoms with Crippen molar-refractivity contribution in [3.63, 3.8) is 0 Å². The van der Waals surface area contributed by atoms with Crippen molar-refractivity contribution in [1.29, 1.82) is 0 Å². The summed E-state index contributed by atoms with van der Waals surface area (Å²) in [5.41, 5.74) is 5.51. The van der Waals surface area contributed by atoms with Crippen molar-refractivity contribution >= 4 is 0 Å². The lowest BCUT2D eigenvalue weighted by Crippen LogP contribution is -2.30. The third-order valence-corrected chi connectivity index (χ3v) is 3.71. The van der Waals surface area contributed by atoms with Gasteiger partial charge in [-0.1, -0.05) is 24.3 Å². The van der Waals surface area contributed by atoms with E-state index in [0.717, 1.165) is 12.8 Å². The smallest absolute Gasteiger partial charge is 0.0300 e. The molecule has 0 spiro atoms. The van der Waals surface area contributed by atoms with Gasteiger partial charge in [-0.15, -0.1) is 0 Å². The number of pyridine rings is 1. The molecular formula is C17H22N2. The molecule has 1 aromatic heterocycles. The zero-order valence-electron chi connectivity index (χ0n) is 12.0. The SMILES string of the molecule is CNC(Cc1cccnc1)Cc1c(C)cccc1C. The molecule has 0 saturated heterocycles. The Kier molecular flexibility index (Phi) is 4.69. The monoisotopic (exact) mass is 254 g/mol. The van der Waals surface area contributed by atoms with Crippen LogP contribution in [0.1, 0.15) is 22.3 Å². The molecule has 0 fully saturated rings. The molecule has 0 amide bonds. The molecule has 1 unspecified atom stereocenters. The molecule has 1 atom stereocenters. The first-order valence-corrected chi connectivity index (χ1v) is 6.82. The number of hydrogen-bond donors (Lipinski definition) is 1. The molecule has 2 heteroatoms. The maximum absolute atomic E-state index is 4.19. The number of rotatable bonds is 5. The van der Waals surface area contributed by atoms with Crippen LogP contribution in [-0.2, 0) is 12.8 Å². The summed E-state index contributed by atoms with van der Waals surface area (Å²) in [4.78, 5) is 4.19. The first-order valence-electron chi connectivity index (χ1n) is 6.82. The fourth-order valence-electron chi connectivity index (χ4n) is 2.50. The Morgan fingerprint density at radius 3 is 2.37 bits per heavy atom. The zero-order chi connectivity index (χ0) is 13.7. The molecule has 2 aromatic rings. The van der Waals surface area contributed by atoms with Crippen molar-refractivity contribution in [2.45, 2.75) is 32.7 Å². The summed E-state index contributed by atoms with van der Waals surface area (Å²) in [6.45, 7) is 4.39. The normalized spacial score (nSPS) is 12.4. The summed E-state index contributed by atoms with van der Waals surface area (Å²) in [6.07, 6.45) is 5.85. The van der Waals surface area contributed by atoms with Crippen molar-refractivity contribution in [2.75, 3.05) is 7.05 Å². The van der Waals surface area contributed by atoms with Gasteiger partial charge in [0.25, 0.3) is 0 Å². The Balaban J connectivity index is 2.11. The zero-order valence-corrected chi connectivity index (χ0v) is 12.0. The fraction of sp³-hybridized carbons (Fsp3) is 0.353. The largest absolute Gasteiger partial charge is 0.316 e. The second-order valence-electron chi connectivity index (χ2n) is 5.13.